The van der Waals surface area contributed by atoms with Crippen LogP contribution in [0.2, 0.25) is 0 Å². The molecule has 3 rings (SSSR count). The van der Waals surface area contributed by atoms with Gasteiger partial charge >= 0.3 is 0 Å². The van der Waals surface area contributed by atoms with Crippen molar-refractivity contribution in [1.29, 1.82) is 0 Å². The Bertz CT molecular complexity index is 1290. The highest BCUT2D eigenvalue weighted by Crippen LogP contribution is 2.22. The standard InChI is InChI=1S/C26H27BrIN3O4S/c1-29-26(33)24(16-19-6-4-3-5-7-19)30(17-20-8-10-21(27)11-9-20)25(32)18-31(36(2,34)35)23-14-12-22(28)13-15-23/h3-15,24H,16-18H2,1-2H3,(H,29,33)/t24-/m1/s1. The number of carbonyl (C=O) groups excluding carboxylic acids is 2. The fraction of sp³-hybridized carbons (Fsp3) is 0.231. The highest BCUT2D eigenvalue weighted by atomic mass is 127. The molecule has 0 fully saturated rings. The van der Waals surface area contributed by atoms with Crippen molar-refractivity contribution in [3.05, 3.63) is 98.0 Å². The molecule has 0 aromatic heterocycles. The van der Waals surface area contributed by atoms with Crippen LogP contribution in [0.25, 0.3) is 0 Å². The molecule has 190 valence electrons. The second kappa shape index (κ2) is 12.7. The average molecular weight is 684 g/mol. The molecule has 7 nitrogen and oxygen atoms in total. The van der Waals surface area contributed by atoms with Crippen LogP contribution < -0.4 is 9.62 Å². The van der Waals surface area contributed by atoms with Gasteiger partial charge in [0, 0.05) is 28.1 Å². The van der Waals surface area contributed by atoms with Crippen LogP contribution in [-0.4, -0.2) is 51.0 Å². The highest BCUT2D eigenvalue weighted by molar-refractivity contribution is 14.1. The predicted octanol–water partition coefficient (Wildman–Crippen LogP) is 4.21. The van der Waals surface area contributed by atoms with Crippen LogP contribution in [-0.2, 0) is 32.6 Å². The summed E-state index contributed by atoms with van der Waals surface area (Å²) in [7, 11) is -2.25. The van der Waals surface area contributed by atoms with Gasteiger partial charge in [0.2, 0.25) is 21.8 Å². The van der Waals surface area contributed by atoms with E-state index in [4.69, 9.17) is 0 Å². The maximum atomic E-state index is 13.8. The number of halogens is 2. The van der Waals surface area contributed by atoms with Crippen molar-refractivity contribution in [2.24, 2.45) is 0 Å². The highest BCUT2D eigenvalue weighted by Gasteiger charge is 2.32. The van der Waals surface area contributed by atoms with Crippen molar-refractivity contribution >= 4 is 66.0 Å². The Kier molecular flexibility index (Phi) is 9.92. The minimum atomic E-state index is -3.77. The van der Waals surface area contributed by atoms with Crippen molar-refractivity contribution in [2.75, 3.05) is 24.2 Å². The molecule has 0 heterocycles. The first-order chi connectivity index (χ1) is 17.1. The lowest BCUT2D eigenvalue weighted by molar-refractivity contribution is -0.139. The molecule has 0 radical (unpaired) electrons. The number of anilines is 1. The lowest BCUT2D eigenvalue weighted by Gasteiger charge is -2.33. The Balaban J connectivity index is 2.00. The number of amides is 2. The molecule has 0 spiro atoms. The minimum Gasteiger partial charge on any atom is -0.357 e. The lowest BCUT2D eigenvalue weighted by atomic mass is 10.0. The summed E-state index contributed by atoms with van der Waals surface area (Å²) in [5, 5.41) is 2.66. The fourth-order valence-electron chi connectivity index (χ4n) is 3.73. The van der Waals surface area contributed by atoms with Gasteiger partial charge in [-0.3, -0.25) is 13.9 Å². The normalized spacial score (nSPS) is 12.0. The van der Waals surface area contributed by atoms with Gasteiger partial charge in [-0.1, -0.05) is 58.4 Å². The molecule has 1 atom stereocenters. The Morgan fingerprint density at radius 3 is 2.11 bits per heavy atom. The maximum absolute atomic E-state index is 13.8. The predicted molar refractivity (Wildman–Crippen MR) is 154 cm³/mol. The van der Waals surface area contributed by atoms with E-state index in [-0.39, 0.29) is 18.9 Å². The third kappa shape index (κ3) is 7.78. The molecule has 0 bridgehead atoms. The second-order valence-electron chi connectivity index (χ2n) is 8.21. The van der Waals surface area contributed by atoms with Gasteiger partial charge < -0.3 is 10.2 Å². The van der Waals surface area contributed by atoms with Crippen molar-refractivity contribution in [3.8, 4) is 0 Å². The summed E-state index contributed by atoms with van der Waals surface area (Å²) in [6, 6.07) is 22.9. The molecule has 0 aliphatic rings. The van der Waals surface area contributed by atoms with E-state index in [0.717, 1.165) is 29.7 Å². The van der Waals surface area contributed by atoms with Crippen LogP contribution in [0.5, 0.6) is 0 Å². The SMILES string of the molecule is CNC(=O)[C@@H](Cc1ccccc1)N(Cc1ccc(Br)cc1)C(=O)CN(c1ccc(I)cc1)S(C)(=O)=O. The van der Waals surface area contributed by atoms with Gasteiger partial charge in [-0.15, -0.1) is 0 Å². The van der Waals surface area contributed by atoms with Crippen molar-refractivity contribution in [3.63, 3.8) is 0 Å². The molecule has 0 saturated carbocycles. The van der Waals surface area contributed by atoms with Crippen LogP contribution >= 0.6 is 38.5 Å². The van der Waals surface area contributed by atoms with Gasteiger partial charge in [0.25, 0.3) is 0 Å². The summed E-state index contributed by atoms with van der Waals surface area (Å²) in [6.07, 6.45) is 1.35. The zero-order valence-electron chi connectivity index (χ0n) is 19.9. The van der Waals surface area contributed by atoms with E-state index in [9.17, 15) is 18.0 Å². The number of sulfonamides is 1. The summed E-state index contributed by atoms with van der Waals surface area (Å²) < 4.78 is 28.3. The third-order valence-electron chi connectivity index (χ3n) is 5.58. The summed E-state index contributed by atoms with van der Waals surface area (Å²) in [5.41, 5.74) is 2.08. The number of hydrogen-bond acceptors (Lipinski definition) is 4. The van der Waals surface area contributed by atoms with E-state index < -0.39 is 28.5 Å². The first-order valence-corrected chi connectivity index (χ1v) is 14.8. The number of nitrogens with one attached hydrogen (secondary N) is 1. The Morgan fingerprint density at radius 1 is 0.944 bits per heavy atom. The van der Waals surface area contributed by atoms with E-state index in [1.807, 2.05) is 54.6 Å². The smallest absolute Gasteiger partial charge is 0.244 e. The van der Waals surface area contributed by atoms with Crippen LogP contribution in [0.15, 0.2) is 83.3 Å². The first kappa shape index (κ1) is 28.1. The van der Waals surface area contributed by atoms with Gasteiger partial charge in [-0.2, -0.15) is 0 Å². The number of nitrogens with zero attached hydrogens (tertiary/aromatic N) is 2. The lowest BCUT2D eigenvalue weighted by Crippen LogP contribution is -2.52. The monoisotopic (exact) mass is 683 g/mol. The second-order valence-corrected chi connectivity index (χ2v) is 12.3. The Labute approximate surface area is 234 Å². The van der Waals surface area contributed by atoms with Gasteiger partial charge in [0.1, 0.15) is 12.6 Å². The van der Waals surface area contributed by atoms with Crippen LogP contribution in [0.3, 0.4) is 0 Å². The van der Waals surface area contributed by atoms with Gasteiger partial charge in [-0.25, -0.2) is 8.42 Å². The number of hydrogen-bond donors (Lipinski definition) is 1. The van der Waals surface area contributed by atoms with Crippen LogP contribution in [0, 0.1) is 3.57 Å². The number of carbonyl (C=O) groups is 2. The molecule has 0 aliphatic heterocycles. The molecule has 1 N–H and O–H groups in total. The fourth-order valence-corrected chi connectivity index (χ4v) is 5.20. The van der Waals surface area contributed by atoms with Gasteiger partial charge in [-0.05, 0) is 70.1 Å². The summed E-state index contributed by atoms with van der Waals surface area (Å²) in [5.74, 6) is -0.809. The largest absolute Gasteiger partial charge is 0.357 e. The molecular weight excluding hydrogens is 657 g/mol. The number of likely N-dealkylation sites (N-methyl/N-ethyl adjacent to an activating group) is 1. The number of benzene rings is 3. The van der Waals surface area contributed by atoms with Crippen LogP contribution in [0.4, 0.5) is 5.69 Å². The number of rotatable bonds is 10. The molecule has 0 saturated heterocycles. The van der Waals surface area contributed by atoms with Crippen molar-refractivity contribution < 1.29 is 18.0 Å². The zero-order chi connectivity index (χ0) is 26.3. The van der Waals surface area contributed by atoms with Gasteiger partial charge in [0.15, 0.2) is 0 Å². The summed E-state index contributed by atoms with van der Waals surface area (Å²) in [4.78, 5) is 28.3. The van der Waals surface area contributed by atoms with E-state index in [0.29, 0.717) is 5.69 Å². The summed E-state index contributed by atoms with van der Waals surface area (Å²) >= 11 is 5.55. The molecule has 3 aromatic carbocycles. The molecule has 10 heteroatoms. The van der Waals surface area contributed by atoms with E-state index in [2.05, 4.69) is 43.8 Å². The minimum absolute atomic E-state index is 0.140. The zero-order valence-corrected chi connectivity index (χ0v) is 24.5. The quantitative estimate of drug-likeness (QED) is 0.325. The molecule has 36 heavy (non-hydrogen) atoms. The van der Waals surface area contributed by atoms with E-state index in [1.165, 1.54) is 11.9 Å². The van der Waals surface area contributed by atoms with Crippen LogP contribution in [0.1, 0.15) is 11.1 Å². The first-order valence-electron chi connectivity index (χ1n) is 11.1. The Hall–Kier alpha value is -2.44. The molecule has 0 aliphatic carbocycles. The Morgan fingerprint density at radius 2 is 1.56 bits per heavy atom. The molecule has 3 aromatic rings. The van der Waals surface area contributed by atoms with E-state index >= 15 is 0 Å². The van der Waals surface area contributed by atoms with E-state index in [1.54, 1.807) is 24.3 Å². The maximum Gasteiger partial charge on any atom is 0.244 e. The van der Waals surface area contributed by atoms with Crippen molar-refractivity contribution in [2.45, 2.75) is 19.0 Å². The average Bonchev–Trinajstić information content (AvgIpc) is 2.86. The third-order valence-corrected chi connectivity index (χ3v) is 7.97. The van der Waals surface area contributed by atoms with Gasteiger partial charge in [0.05, 0.1) is 11.9 Å². The summed E-state index contributed by atoms with van der Waals surface area (Å²) in [6.45, 7) is -0.292. The molecule has 0 unspecified atom stereocenters. The van der Waals surface area contributed by atoms with Crippen molar-refractivity contribution in [1.82, 2.24) is 10.2 Å². The molecular formula is C26H27BrIN3O4S. The topological polar surface area (TPSA) is 86.8 Å². The molecule has 2 amide bonds.